The summed E-state index contributed by atoms with van der Waals surface area (Å²) in [5, 5.41) is 8.71. The summed E-state index contributed by atoms with van der Waals surface area (Å²) in [4.78, 5) is 8.71. The maximum atomic E-state index is 5.60. The molecule has 9 heteroatoms. The first-order chi connectivity index (χ1) is 18.8. The van der Waals surface area contributed by atoms with Gasteiger partial charge in [-0.05, 0) is 36.4 Å². The predicted octanol–water partition coefficient (Wildman–Crippen LogP) is 8.45. The third kappa shape index (κ3) is 5.14. The van der Waals surface area contributed by atoms with Crippen LogP contribution in [-0.2, 0) is 20.4 Å². The number of rotatable bonds is 2. The Bertz CT molecular complexity index is 1600. The number of hydrogen-bond acceptors (Lipinski definition) is 6. The molecule has 2 aliphatic rings. The van der Waals surface area contributed by atoms with E-state index in [-0.39, 0.29) is 20.4 Å². The van der Waals surface area contributed by atoms with E-state index in [2.05, 4.69) is 20.6 Å². The van der Waals surface area contributed by atoms with Gasteiger partial charge in [-0.1, -0.05) is 72.0 Å². The van der Waals surface area contributed by atoms with Gasteiger partial charge in [-0.25, -0.2) is 9.97 Å². The molecular weight excluding hydrogens is 587 g/mol. The summed E-state index contributed by atoms with van der Waals surface area (Å²) in [7, 11) is 0. The van der Waals surface area contributed by atoms with Crippen molar-refractivity contribution in [1.29, 1.82) is 0 Å². The minimum absolute atomic E-state index is 0. The van der Waals surface area contributed by atoms with Gasteiger partial charge >= 0.3 is 20.4 Å². The molecule has 0 radical (unpaired) electrons. The minimum Gasteiger partial charge on any atom is -0.624 e. The Morgan fingerprint density at radius 1 is 0.513 bits per heavy atom. The molecular formula is C30H18N4O4Pd. The van der Waals surface area contributed by atoms with Crippen LogP contribution in [-0.4, -0.2) is 9.97 Å². The molecule has 4 heterocycles. The quantitative estimate of drug-likeness (QED) is 0.184. The molecule has 0 N–H and O–H groups in total. The Kier molecular flexibility index (Phi) is 6.59. The van der Waals surface area contributed by atoms with Crippen LogP contribution in [0.15, 0.2) is 118 Å². The van der Waals surface area contributed by atoms with Gasteiger partial charge in [0.15, 0.2) is 11.2 Å². The molecule has 8 rings (SSSR count). The van der Waals surface area contributed by atoms with Crippen LogP contribution in [0.25, 0.3) is 45.0 Å². The Balaban J connectivity index is 0.000000138. The molecule has 0 atom stereocenters. The normalized spacial score (nSPS) is 14.9. The standard InChI is InChI=1S/2C15H9N2O2.Pd/c2*1-3-7-12-10(5-1)16-14(18-12)9-15-17-11-6-2-4-8-13(11)19-15;/h2*1-9H;/q2*-1;+2/b2*14-9+;. The summed E-state index contributed by atoms with van der Waals surface area (Å²) in [5.74, 6) is 3.48. The SMILES string of the molecule is C(=C1/[N-]c2ccccc2O1)/c1nc2ccccc2o1.C(=C1/[N-]c2ccccc2O1)/c1nc2ccccc2o1.[Pd+2]. The predicted molar refractivity (Wildman–Crippen MR) is 144 cm³/mol. The van der Waals surface area contributed by atoms with Gasteiger partial charge in [-0.15, -0.1) is 0 Å². The van der Waals surface area contributed by atoms with Crippen molar-refractivity contribution >= 4 is 45.7 Å². The van der Waals surface area contributed by atoms with E-state index in [0.29, 0.717) is 23.5 Å². The first-order valence-corrected chi connectivity index (χ1v) is 11.9. The van der Waals surface area contributed by atoms with E-state index in [1.54, 1.807) is 12.2 Å². The third-order valence-electron chi connectivity index (χ3n) is 5.74. The number of oxazole rings is 2. The van der Waals surface area contributed by atoms with Gasteiger partial charge in [-0.2, -0.15) is 0 Å². The average Bonchev–Trinajstić information content (AvgIpc) is 3.71. The number of aromatic nitrogens is 2. The maximum absolute atomic E-state index is 5.60. The summed E-state index contributed by atoms with van der Waals surface area (Å²) in [5.41, 5.74) is 4.80. The van der Waals surface area contributed by atoms with E-state index in [1.807, 2.05) is 97.1 Å². The van der Waals surface area contributed by atoms with Crippen LogP contribution in [0.5, 0.6) is 11.5 Å². The molecule has 0 amide bonds. The smallest absolute Gasteiger partial charge is 0.624 e. The molecule has 39 heavy (non-hydrogen) atoms. The second-order valence-corrected chi connectivity index (χ2v) is 8.37. The summed E-state index contributed by atoms with van der Waals surface area (Å²) < 4.78 is 22.4. The van der Waals surface area contributed by atoms with Crippen molar-refractivity contribution in [3.63, 3.8) is 0 Å². The van der Waals surface area contributed by atoms with E-state index in [0.717, 1.165) is 45.1 Å². The largest absolute Gasteiger partial charge is 2.00 e. The van der Waals surface area contributed by atoms with Crippen LogP contribution in [0.3, 0.4) is 0 Å². The number of benzene rings is 4. The monoisotopic (exact) mass is 604 g/mol. The molecule has 4 aromatic carbocycles. The van der Waals surface area contributed by atoms with Crippen LogP contribution in [0.1, 0.15) is 11.8 Å². The van der Waals surface area contributed by atoms with Crippen molar-refractivity contribution in [2.24, 2.45) is 0 Å². The number of hydrogen-bond donors (Lipinski definition) is 0. The Morgan fingerprint density at radius 2 is 0.923 bits per heavy atom. The third-order valence-corrected chi connectivity index (χ3v) is 5.74. The van der Waals surface area contributed by atoms with Crippen LogP contribution in [0.2, 0.25) is 0 Å². The van der Waals surface area contributed by atoms with Crippen molar-refractivity contribution < 1.29 is 38.7 Å². The Labute approximate surface area is 236 Å². The van der Waals surface area contributed by atoms with Gasteiger partial charge in [0.2, 0.25) is 11.8 Å². The second kappa shape index (κ2) is 10.5. The number of para-hydroxylation sites is 8. The summed E-state index contributed by atoms with van der Waals surface area (Å²) in [6.45, 7) is 0. The number of ether oxygens (including phenoxy) is 2. The van der Waals surface area contributed by atoms with Crippen LogP contribution in [0, 0.1) is 0 Å². The Morgan fingerprint density at radius 3 is 1.36 bits per heavy atom. The zero-order valence-electron chi connectivity index (χ0n) is 20.1. The Hall–Kier alpha value is -4.84. The number of nitrogens with zero attached hydrogens (tertiary/aromatic N) is 4. The van der Waals surface area contributed by atoms with Gasteiger partial charge in [0.1, 0.15) is 22.5 Å². The van der Waals surface area contributed by atoms with E-state index < -0.39 is 0 Å². The van der Waals surface area contributed by atoms with Crippen molar-refractivity contribution in [2.75, 3.05) is 0 Å². The molecule has 0 aliphatic carbocycles. The molecule has 0 bridgehead atoms. The van der Waals surface area contributed by atoms with Crippen LogP contribution in [0.4, 0.5) is 11.4 Å². The molecule has 0 saturated heterocycles. The van der Waals surface area contributed by atoms with E-state index in [4.69, 9.17) is 18.3 Å². The van der Waals surface area contributed by atoms with Crippen LogP contribution >= 0.6 is 0 Å². The molecule has 0 spiro atoms. The second-order valence-electron chi connectivity index (χ2n) is 8.37. The van der Waals surface area contributed by atoms with Crippen molar-refractivity contribution in [1.82, 2.24) is 9.97 Å². The molecule has 0 saturated carbocycles. The van der Waals surface area contributed by atoms with Crippen LogP contribution < -0.4 is 9.47 Å². The van der Waals surface area contributed by atoms with E-state index in [1.165, 1.54) is 0 Å². The minimum atomic E-state index is 0. The fourth-order valence-electron chi connectivity index (χ4n) is 4.02. The fourth-order valence-corrected chi connectivity index (χ4v) is 4.02. The zero-order valence-corrected chi connectivity index (χ0v) is 21.7. The van der Waals surface area contributed by atoms with Gasteiger partial charge in [0.05, 0.1) is 0 Å². The molecule has 0 unspecified atom stereocenters. The molecule has 2 aromatic heterocycles. The van der Waals surface area contributed by atoms with Gasteiger partial charge < -0.3 is 28.9 Å². The first-order valence-electron chi connectivity index (χ1n) is 11.9. The van der Waals surface area contributed by atoms with Crippen molar-refractivity contribution in [3.05, 3.63) is 131 Å². The summed E-state index contributed by atoms with van der Waals surface area (Å²) in [6, 6.07) is 30.5. The topological polar surface area (TPSA) is 98.7 Å². The van der Waals surface area contributed by atoms with Crippen molar-refractivity contribution in [3.8, 4) is 11.5 Å². The zero-order chi connectivity index (χ0) is 25.3. The van der Waals surface area contributed by atoms with Gasteiger partial charge in [0, 0.05) is 23.9 Å². The number of fused-ring (bicyclic) bond motifs is 4. The van der Waals surface area contributed by atoms with E-state index >= 15 is 0 Å². The van der Waals surface area contributed by atoms with Gasteiger partial charge in [0.25, 0.3) is 0 Å². The molecule has 8 nitrogen and oxygen atoms in total. The first kappa shape index (κ1) is 24.5. The fraction of sp³-hybridized carbons (Fsp3) is 0. The summed E-state index contributed by atoms with van der Waals surface area (Å²) >= 11 is 0. The maximum Gasteiger partial charge on any atom is 2.00 e. The molecule has 192 valence electrons. The molecule has 2 aliphatic heterocycles. The summed E-state index contributed by atoms with van der Waals surface area (Å²) in [6.07, 6.45) is 3.39. The van der Waals surface area contributed by atoms with E-state index in [9.17, 15) is 0 Å². The average molecular weight is 605 g/mol. The van der Waals surface area contributed by atoms with Crippen molar-refractivity contribution in [2.45, 2.75) is 0 Å². The molecule has 0 fully saturated rings. The molecule has 6 aromatic rings. The van der Waals surface area contributed by atoms with Gasteiger partial charge in [-0.3, -0.25) is 0 Å².